The lowest BCUT2D eigenvalue weighted by Gasteiger charge is -2.36. The molecule has 1 aromatic carbocycles. The Morgan fingerprint density at radius 1 is 1.14 bits per heavy atom. The molecular formula is C22H26N4O2. The van der Waals surface area contributed by atoms with Crippen molar-refractivity contribution in [2.75, 3.05) is 13.6 Å². The van der Waals surface area contributed by atoms with Crippen LogP contribution < -0.4 is 5.32 Å². The highest BCUT2D eigenvalue weighted by atomic mass is 16.2. The lowest BCUT2D eigenvalue weighted by Crippen LogP contribution is -2.39. The third-order valence-electron chi connectivity index (χ3n) is 5.73. The van der Waals surface area contributed by atoms with Crippen LogP contribution in [-0.2, 0) is 7.05 Å². The molecule has 4 rings (SSSR count). The number of nitrogens with one attached hydrogen (secondary N) is 2. The van der Waals surface area contributed by atoms with E-state index in [1.54, 1.807) is 7.05 Å². The molecule has 6 heteroatoms. The zero-order valence-electron chi connectivity index (χ0n) is 16.6. The van der Waals surface area contributed by atoms with Gasteiger partial charge in [0.05, 0.1) is 6.04 Å². The molecule has 1 aliphatic heterocycles. The van der Waals surface area contributed by atoms with E-state index >= 15 is 0 Å². The highest BCUT2D eigenvalue weighted by molar-refractivity contribution is 5.98. The maximum Gasteiger partial charge on any atom is 0.270 e. The molecule has 1 aliphatic rings. The van der Waals surface area contributed by atoms with Gasteiger partial charge in [0.25, 0.3) is 11.8 Å². The number of carbonyl (C=O) groups excluding carboxylic acids is 2. The van der Waals surface area contributed by atoms with Gasteiger partial charge in [0.15, 0.2) is 0 Å². The van der Waals surface area contributed by atoms with Crippen LogP contribution in [0, 0.1) is 6.92 Å². The van der Waals surface area contributed by atoms with Crippen molar-refractivity contribution in [3.05, 3.63) is 59.0 Å². The van der Waals surface area contributed by atoms with Crippen LogP contribution in [0.4, 0.5) is 0 Å². The van der Waals surface area contributed by atoms with E-state index < -0.39 is 0 Å². The molecule has 2 amide bonds. The van der Waals surface area contributed by atoms with Crippen molar-refractivity contribution in [3.63, 3.8) is 0 Å². The summed E-state index contributed by atoms with van der Waals surface area (Å²) >= 11 is 0. The van der Waals surface area contributed by atoms with Crippen molar-refractivity contribution in [2.24, 2.45) is 7.05 Å². The first kappa shape index (κ1) is 18.3. The molecular weight excluding hydrogens is 352 g/mol. The topological polar surface area (TPSA) is 70.1 Å². The van der Waals surface area contributed by atoms with Gasteiger partial charge in [-0.05, 0) is 56.0 Å². The SMILES string of the molecule is CNC(=O)c1ccc(C2CCCCN2C(=O)c2cc3ccc(C)cc3[nH]2)n1C. The van der Waals surface area contributed by atoms with E-state index in [0.29, 0.717) is 11.4 Å². The minimum atomic E-state index is -0.117. The Kier molecular flexibility index (Phi) is 4.71. The van der Waals surface area contributed by atoms with Gasteiger partial charge in [-0.15, -0.1) is 0 Å². The summed E-state index contributed by atoms with van der Waals surface area (Å²) in [7, 11) is 3.52. The van der Waals surface area contributed by atoms with Crippen LogP contribution in [0.15, 0.2) is 36.4 Å². The van der Waals surface area contributed by atoms with Gasteiger partial charge in [0, 0.05) is 37.2 Å². The lowest BCUT2D eigenvalue weighted by atomic mass is 9.98. The molecule has 0 aliphatic carbocycles. The second-order valence-corrected chi connectivity index (χ2v) is 7.57. The predicted molar refractivity (Wildman–Crippen MR) is 109 cm³/mol. The van der Waals surface area contributed by atoms with E-state index in [1.165, 1.54) is 0 Å². The average Bonchev–Trinajstić information content (AvgIpc) is 3.30. The molecule has 2 N–H and O–H groups in total. The van der Waals surface area contributed by atoms with Crippen LogP contribution >= 0.6 is 0 Å². The number of likely N-dealkylation sites (tertiary alicyclic amines) is 1. The number of piperidine rings is 1. The van der Waals surface area contributed by atoms with Crippen LogP contribution in [0.1, 0.15) is 57.5 Å². The maximum absolute atomic E-state index is 13.4. The summed E-state index contributed by atoms with van der Waals surface area (Å²) in [5.41, 5.74) is 4.37. The standard InChI is InChI=1S/C22H26N4O2/c1-14-7-8-15-13-17(24-16(15)12-14)22(28)26-11-5-4-6-19(26)18-9-10-20(25(18)3)21(27)23-2/h7-10,12-13,19,24H,4-6,11H2,1-3H3,(H,23,27). The van der Waals surface area contributed by atoms with Crippen LogP contribution in [0.5, 0.6) is 0 Å². The number of fused-ring (bicyclic) bond motifs is 1. The van der Waals surface area contributed by atoms with E-state index in [0.717, 1.165) is 48.0 Å². The Bertz CT molecular complexity index is 1050. The molecule has 0 radical (unpaired) electrons. The number of H-pyrrole nitrogens is 1. The summed E-state index contributed by atoms with van der Waals surface area (Å²) in [6, 6.07) is 11.9. The van der Waals surface area contributed by atoms with Gasteiger partial charge >= 0.3 is 0 Å². The molecule has 0 spiro atoms. The smallest absolute Gasteiger partial charge is 0.270 e. The number of aromatic nitrogens is 2. The molecule has 3 aromatic rings. The molecule has 1 atom stereocenters. The number of hydrogen-bond donors (Lipinski definition) is 2. The minimum Gasteiger partial charge on any atom is -0.354 e. The number of nitrogens with zero attached hydrogens (tertiary/aromatic N) is 2. The van der Waals surface area contributed by atoms with Gasteiger partial charge in [-0.25, -0.2) is 0 Å². The van der Waals surface area contributed by atoms with Gasteiger partial charge in [-0.3, -0.25) is 9.59 Å². The lowest BCUT2D eigenvalue weighted by molar-refractivity contribution is 0.0597. The third-order valence-corrected chi connectivity index (χ3v) is 5.73. The van der Waals surface area contributed by atoms with Crippen molar-refractivity contribution >= 4 is 22.7 Å². The van der Waals surface area contributed by atoms with E-state index in [1.807, 2.05) is 47.7 Å². The summed E-state index contributed by atoms with van der Waals surface area (Å²) in [5, 5.41) is 3.72. The first-order valence-electron chi connectivity index (χ1n) is 9.77. The molecule has 1 saturated heterocycles. The number of carbonyl (C=O) groups is 2. The Morgan fingerprint density at radius 3 is 2.75 bits per heavy atom. The maximum atomic E-state index is 13.4. The summed E-state index contributed by atoms with van der Waals surface area (Å²) in [6.45, 7) is 2.76. The van der Waals surface area contributed by atoms with E-state index in [2.05, 4.69) is 22.4 Å². The Hall–Kier alpha value is -3.02. The van der Waals surface area contributed by atoms with Crippen molar-refractivity contribution < 1.29 is 9.59 Å². The van der Waals surface area contributed by atoms with Gasteiger partial charge in [-0.1, -0.05) is 12.1 Å². The number of hydrogen-bond acceptors (Lipinski definition) is 2. The summed E-state index contributed by atoms with van der Waals surface area (Å²) in [4.78, 5) is 30.7. The van der Waals surface area contributed by atoms with Crippen LogP contribution in [-0.4, -0.2) is 39.9 Å². The van der Waals surface area contributed by atoms with Crippen LogP contribution in [0.2, 0.25) is 0 Å². The second-order valence-electron chi connectivity index (χ2n) is 7.57. The fourth-order valence-electron chi connectivity index (χ4n) is 4.21. The number of benzene rings is 1. The molecule has 2 aromatic heterocycles. The summed E-state index contributed by atoms with van der Waals surface area (Å²) < 4.78 is 1.91. The van der Waals surface area contributed by atoms with Crippen LogP contribution in [0.3, 0.4) is 0 Å². The number of rotatable bonds is 3. The van der Waals surface area contributed by atoms with Gasteiger partial charge in [0.1, 0.15) is 11.4 Å². The zero-order valence-corrected chi connectivity index (χ0v) is 16.6. The summed E-state index contributed by atoms with van der Waals surface area (Å²) in [6.07, 6.45) is 2.96. The molecule has 0 bridgehead atoms. The quantitative estimate of drug-likeness (QED) is 0.732. The third kappa shape index (κ3) is 3.09. The fraction of sp³-hybridized carbons (Fsp3) is 0.364. The van der Waals surface area contributed by atoms with Crippen molar-refractivity contribution in [2.45, 2.75) is 32.2 Å². The fourth-order valence-corrected chi connectivity index (χ4v) is 4.21. The van der Waals surface area contributed by atoms with Gasteiger partial charge in [-0.2, -0.15) is 0 Å². The largest absolute Gasteiger partial charge is 0.354 e. The molecule has 1 fully saturated rings. The number of aromatic amines is 1. The van der Waals surface area contributed by atoms with Gasteiger partial charge < -0.3 is 19.8 Å². The number of aryl methyl sites for hydroxylation is 1. The Morgan fingerprint density at radius 2 is 1.96 bits per heavy atom. The first-order chi connectivity index (χ1) is 13.5. The molecule has 6 nitrogen and oxygen atoms in total. The molecule has 3 heterocycles. The van der Waals surface area contributed by atoms with Crippen molar-refractivity contribution in [3.8, 4) is 0 Å². The van der Waals surface area contributed by atoms with Crippen LogP contribution in [0.25, 0.3) is 10.9 Å². The second kappa shape index (κ2) is 7.19. The van der Waals surface area contributed by atoms with Crippen molar-refractivity contribution in [1.29, 1.82) is 0 Å². The summed E-state index contributed by atoms with van der Waals surface area (Å²) in [5.74, 6) is -0.102. The molecule has 1 unspecified atom stereocenters. The molecule has 146 valence electrons. The van der Waals surface area contributed by atoms with E-state index in [-0.39, 0.29) is 17.9 Å². The minimum absolute atomic E-state index is 0.0150. The molecule has 0 saturated carbocycles. The Labute approximate surface area is 164 Å². The predicted octanol–water partition coefficient (Wildman–Crippen LogP) is 3.54. The highest BCUT2D eigenvalue weighted by Crippen LogP contribution is 2.33. The normalized spacial score (nSPS) is 17.1. The highest BCUT2D eigenvalue weighted by Gasteiger charge is 2.31. The average molecular weight is 378 g/mol. The first-order valence-corrected chi connectivity index (χ1v) is 9.77. The Balaban J connectivity index is 1.67. The van der Waals surface area contributed by atoms with Crippen molar-refractivity contribution in [1.82, 2.24) is 19.8 Å². The number of amides is 2. The zero-order chi connectivity index (χ0) is 19.8. The van der Waals surface area contributed by atoms with E-state index in [4.69, 9.17) is 0 Å². The van der Waals surface area contributed by atoms with Gasteiger partial charge in [0.2, 0.25) is 0 Å². The van der Waals surface area contributed by atoms with E-state index in [9.17, 15) is 9.59 Å². The molecule has 28 heavy (non-hydrogen) atoms. The monoisotopic (exact) mass is 378 g/mol.